The number of allylic oxidation sites excluding steroid dienone is 1. The van der Waals surface area contributed by atoms with Crippen molar-refractivity contribution in [3.05, 3.63) is 46.2 Å². The van der Waals surface area contributed by atoms with E-state index in [4.69, 9.17) is 5.26 Å². The van der Waals surface area contributed by atoms with Crippen LogP contribution in [0.15, 0.2) is 35.1 Å². The Morgan fingerprint density at radius 2 is 1.92 bits per heavy atom. The Bertz CT molecular complexity index is 993. The molecule has 3 aliphatic carbocycles. The van der Waals surface area contributed by atoms with Crippen LogP contribution >= 0.6 is 0 Å². The molecule has 1 aromatic rings. The van der Waals surface area contributed by atoms with Crippen molar-refractivity contribution in [1.82, 2.24) is 0 Å². The van der Waals surface area contributed by atoms with Gasteiger partial charge in [-0.2, -0.15) is 5.26 Å². The van der Waals surface area contributed by atoms with Crippen molar-refractivity contribution in [3.8, 4) is 11.8 Å². The van der Waals surface area contributed by atoms with Gasteiger partial charge in [-0.25, -0.2) is 0 Å². The van der Waals surface area contributed by atoms with Gasteiger partial charge < -0.3 is 20.4 Å². The number of fused-ring (bicyclic) bond motifs is 3. The molecule has 4 N–H and O–H groups in total. The molecule has 1 saturated carbocycles. The molecule has 1 aromatic carbocycles. The third kappa shape index (κ3) is 1.85. The third-order valence-electron chi connectivity index (χ3n) is 5.67. The highest BCUT2D eigenvalue weighted by atomic mass is 16.3. The molecule has 0 aliphatic heterocycles. The maximum Gasteiger partial charge on any atom is 0.202 e. The maximum absolute atomic E-state index is 13.1. The zero-order chi connectivity index (χ0) is 18.8. The molecule has 3 atom stereocenters. The average Bonchev–Trinajstić information content (AvgIpc) is 2.58. The number of aliphatic hydroxyl groups is 3. The summed E-state index contributed by atoms with van der Waals surface area (Å²) in [7, 11) is 0. The van der Waals surface area contributed by atoms with E-state index in [-0.39, 0.29) is 32.6 Å². The van der Waals surface area contributed by atoms with Crippen LogP contribution in [0.4, 0.5) is 0 Å². The molecule has 136 valence electrons. The van der Waals surface area contributed by atoms with Gasteiger partial charge >= 0.3 is 0 Å². The Hall–Kier alpha value is -3.11. The summed E-state index contributed by atoms with van der Waals surface area (Å²) >= 11 is 0. The van der Waals surface area contributed by atoms with E-state index in [2.05, 4.69) is 0 Å². The van der Waals surface area contributed by atoms with Crippen LogP contribution in [0.2, 0.25) is 0 Å². The molecule has 0 heterocycles. The molecule has 3 aliphatic rings. The predicted molar refractivity (Wildman–Crippen MR) is 92.0 cm³/mol. The SMILES string of the molecule is N#CC1=C(O)[C@@]2(O)C(=O)C3=C(O)c4c(O)cccc4CC3CC2CC1=O.[HH].[HH]. The van der Waals surface area contributed by atoms with Gasteiger partial charge in [0.2, 0.25) is 5.78 Å². The van der Waals surface area contributed by atoms with Gasteiger partial charge in [0.25, 0.3) is 0 Å². The highest BCUT2D eigenvalue weighted by Crippen LogP contribution is 2.51. The van der Waals surface area contributed by atoms with Crippen LogP contribution in [0.5, 0.6) is 5.75 Å². The van der Waals surface area contributed by atoms with Crippen molar-refractivity contribution in [2.75, 3.05) is 0 Å². The zero-order valence-corrected chi connectivity index (χ0v) is 13.6. The number of phenolic OH excluding ortho intramolecular Hbond substituents is 1. The number of carbonyl (C=O) groups is 2. The van der Waals surface area contributed by atoms with E-state index in [1.54, 1.807) is 12.1 Å². The van der Waals surface area contributed by atoms with Crippen LogP contribution in [-0.2, 0) is 16.0 Å². The normalized spacial score (nSPS) is 30.5. The second kappa shape index (κ2) is 5.19. The Morgan fingerprint density at radius 1 is 1.19 bits per heavy atom. The lowest BCUT2D eigenvalue weighted by atomic mass is 9.59. The van der Waals surface area contributed by atoms with Crippen LogP contribution in [0.3, 0.4) is 0 Å². The minimum Gasteiger partial charge on any atom is -0.507 e. The van der Waals surface area contributed by atoms with E-state index in [0.717, 1.165) is 0 Å². The molecule has 1 fully saturated rings. The standard InChI is InChI=1S/C19H15NO6.2H2/c20-7-11-13(22)6-10-5-9-4-8-2-1-3-12(21)14(8)16(23)15(9)18(25)19(10,26)17(11)24;;/h1-3,9-10,21,23-24,26H,4-6H2;2*1H/t9?,10?,19-;;/m1../s1. The lowest BCUT2D eigenvalue weighted by Crippen LogP contribution is -2.57. The molecule has 2 unspecified atom stereocenters. The quantitative estimate of drug-likeness (QED) is 0.556. The number of phenols is 1. The minimum absolute atomic E-state index is 0. The first-order valence-corrected chi connectivity index (χ1v) is 8.19. The van der Waals surface area contributed by atoms with Crippen molar-refractivity contribution < 1.29 is 32.9 Å². The van der Waals surface area contributed by atoms with Gasteiger partial charge in [0, 0.05) is 20.8 Å². The van der Waals surface area contributed by atoms with Crippen LogP contribution in [0, 0.1) is 23.2 Å². The molecule has 7 heteroatoms. The fourth-order valence-corrected chi connectivity index (χ4v) is 4.42. The molecule has 0 amide bonds. The number of aliphatic hydroxyl groups excluding tert-OH is 2. The Morgan fingerprint density at radius 3 is 2.62 bits per heavy atom. The molecule has 4 rings (SSSR count). The van der Waals surface area contributed by atoms with Gasteiger partial charge in [-0.05, 0) is 30.4 Å². The van der Waals surface area contributed by atoms with Crippen LogP contribution < -0.4 is 0 Å². The van der Waals surface area contributed by atoms with E-state index in [1.807, 2.05) is 0 Å². The number of benzene rings is 1. The number of aromatic hydroxyl groups is 1. The topological polar surface area (TPSA) is 139 Å². The molecule has 0 bridgehead atoms. The van der Waals surface area contributed by atoms with E-state index in [0.29, 0.717) is 12.0 Å². The maximum atomic E-state index is 13.1. The minimum atomic E-state index is -2.42. The zero-order valence-electron chi connectivity index (χ0n) is 13.6. The summed E-state index contributed by atoms with van der Waals surface area (Å²) in [5.41, 5.74) is -2.34. The Balaban J connectivity index is 0.00000140. The van der Waals surface area contributed by atoms with Crippen molar-refractivity contribution in [2.45, 2.75) is 24.9 Å². The van der Waals surface area contributed by atoms with Crippen molar-refractivity contribution >= 4 is 17.3 Å². The summed E-state index contributed by atoms with van der Waals surface area (Å²) in [4.78, 5) is 25.1. The van der Waals surface area contributed by atoms with Gasteiger partial charge in [-0.1, -0.05) is 12.1 Å². The average molecular weight is 357 g/mol. The largest absolute Gasteiger partial charge is 0.507 e. The van der Waals surface area contributed by atoms with Gasteiger partial charge in [0.05, 0.1) is 5.56 Å². The van der Waals surface area contributed by atoms with Crippen molar-refractivity contribution in [3.63, 3.8) is 0 Å². The monoisotopic (exact) mass is 357 g/mol. The molecule has 7 nitrogen and oxygen atoms in total. The number of carbonyl (C=O) groups excluding carboxylic acids is 2. The number of rotatable bonds is 0. The predicted octanol–water partition coefficient (Wildman–Crippen LogP) is 1.95. The number of Topliss-reactive ketones (excluding diaryl/α,β-unsaturated/α-hetero) is 2. The van der Waals surface area contributed by atoms with Crippen LogP contribution in [0.25, 0.3) is 5.76 Å². The highest BCUT2D eigenvalue weighted by Gasteiger charge is 2.59. The summed E-state index contributed by atoms with van der Waals surface area (Å²) in [6, 6.07) is 6.28. The second-order valence-electron chi connectivity index (χ2n) is 6.97. The van der Waals surface area contributed by atoms with E-state index >= 15 is 0 Å². The van der Waals surface area contributed by atoms with Crippen molar-refractivity contribution in [2.24, 2.45) is 11.8 Å². The Labute approximate surface area is 151 Å². The van der Waals surface area contributed by atoms with Gasteiger partial charge in [0.15, 0.2) is 17.1 Å². The van der Waals surface area contributed by atoms with Crippen LogP contribution in [-0.4, -0.2) is 37.6 Å². The lowest BCUT2D eigenvalue weighted by molar-refractivity contribution is -0.147. The number of nitriles is 1. The summed E-state index contributed by atoms with van der Waals surface area (Å²) in [5.74, 6) is -4.45. The number of nitrogens with zero attached hydrogens (tertiary/aromatic N) is 1. The molecule has 26 heavy (non-hydrogen) atoms. The summed E-state index contributed by atoms with van der Waals surface area (Å²) in [5, 5.41) is 51.0. The van der Waals surface area contributed by atoms with E-state index in [9.17, 15) is 30.0 Å². The highest BCUT2D eigenvalue weighted by molar-refractivity contribution is 6.13. The number of hydrogen-bond acceptors (Lipinski definition) is 7. The van der Waals surface area contributed by atoms with Gasteiger partial charge in [-0.15, -0.1) is 0 Å². The van der Waals surface area contributed by atoms with Gasteiger partial charge in [-0.3, -0.25) is 9.59 Å². The summed E-state index contributed by atoms with van der Waals surface area (Å²) < 4.78 is 0. The van der Waals surface area contributed by atoms with E-state index in [1.165, 1.54) is 12.1 Å². The molecule has 0 radical (unpaired) electrons. The van der Waals surface area contributed by atoms with Gasteiger partial charge in [0.1, 0.15) is 23.2 Å². The molecule has 0 saturated heterocycles. The third-order valence-corrected chi connectivity index (χ3v) is 5.67. The Kier molecular flexibility index (Phi) is 3.27. The summed E-state index contributed by atoms with van der Waals surface area (Å²) in [6.07, 6.45) is 0.309. The number of ketones is 2. The second-order valence-corrected chi connectivity index (χ2v) is 6.97. The first-order valence-electron chi connectivity index (χ1n) is 8.19. The smallest absolute Gasteiger partial charge is 0.202 e. The summed E-state index contributed by atoms with van der Waals surface area (Å²) in [6.45, 7) is 0. The fraction of sp³-hybridized carbons (Fsp3) is 0.316. The molecule has 0 aromatic heterocycles. The van der Waals surface area contributed by atoms with Crippen LogP contribution in [0.1, 0.15) is 26.8 Å². The van der Waals surface area contributed by atoms with E-state index < -0.39 is 46.1 Å². The van der Waals surface area contributed by atoms with Crippen molar-refractivity contribution in [1.29, 1.82) is 5.26 Å². The fourth-order valence-electron chi connectivity index (χ4n) is 4.42. The first-order chi connectivity index (χ1) is 12.3. The molecule has 0 spiro atoms. The molecular weight excluding hydrogens is 338 g/mol. The molecular formula is C19H19NO6. The number of hydrogen-bond donors (Lipinski definition) is 4. The lowest BCUT2D eigenvalue weighted by Gasteiger charge is -2.45. The first kappa shape index (κ1) is 16.4.